The lowest BCUT2D eigenvalue weighted by Gasteiger charge is -2.54. The van der Waals surface area contributed by atoms with E-state index in [0.29, 0.717) is 23.5 Å². The molecule has 1 fully saturated rings. The Morgan fingerprint density at radius 1 is 1.32 bits per heavy atom. The first-order valence-electron chi connectivity index (χ1n) is 8.35. The minimum absolute atomic E-state index is 0.387. The van der Waals surface area contributed by atoms with Crippen molar-refractivity contribution in [2.75, 3.05) is 0 Å². The second-order valence-corrected chi connectivity index (χ2v) is 7.13. The standard InChI is InChI=1S/C18H32O/c1-6-8-16-14(4)18(5,11-7-2)15-10-9-13(3)12-17(15)19-16/h12,14-17H,6-11H2,1-5H3/t14?,15?,16-,17?,18?/m1/s1. The predicted molar refractivity (Wildman–Crippen MR) is 82.2 cm³/mol. The zero-order valence-electron chi connectivity index (χ0n) is 13.5. The van der Waals surface area contributed by atoms with Crippen LogP contribution in [0, 0.1) is 17.3 Å². The third kappa shape index (κ3) is 2.77. The van der Waals surface area contributed by atoms with Gasteiger partial charge in [0.25, 0.3) is 0 Å². The highest BCUT2D eigenvalue weighted by atomic mass is 16.5. The molecule has 1 saturated heterocycles. The summed E-state index contributed by atoms with van der Waals surface area (Å²) in [5, 5.41) is 0. The fraction of sp³-hybridized carbons (Fsp3) is 0.889. The van der Waals surface area contributed by atoms with Crippen LogP contribution in [0.1, 0.15) is 73.1 Å². The summed E-state index contributed by atoms with van der Waals surface area (Å²) in [5.41, 5.74) is 2.00. The van der Waals surface area contributed by atoms with Crippen molar-refractivity contribution in [2.24, 2.45) is 17.3 Å². The Morgan fingerprint density at radius 2 is 2.05 bits per heavy atom. The van der Waals surface area contributed by atoms with Gasteiger partial charge >= 0.3 is 0 Å². The summed E-state index contributed by atoms with van der Waals surface area (Å²) in [6.07, 6.45) is 11.0. The maximum Gasteiger partial charge on any atom is 0.0795 e. The van der Waals surface area contributed by atoms with Gasteiger partial charge in [-0.2, -0.15) is 0 Å². The Balaban J connectivity index is 2.27. The van der Waals surface area contributed by atoms with Crippen LogP contribution in [0.3, 0.4) is 0 Å². The van der Waals surface area contributed by atoms with Gasteiger partial charge in [-0.25, -0.2) is 0 Å². The van der Waals surface area contributed by atoms with Crippen LogP contribution in [0.4, 0.5) is 0 Å². The number of hydrogen-bond donors (Lipinski definition) is 0. The van der Waals surface area contributed by atoms with Crippen LogP contribution in [-0.4, -0.2) is 12.2 Å². The number of hydrogen-bond acceptors (Lipinski definition) is 1. The molecule has 5 atom stereocenters. The summed E-state index contributed by atoms with van der Waals surface area (Å²) in [4.78, 5) is 0. The third-order valence-electron chi connectivity index (χ3n) is 5.83. The van der Waals surface area contributed by atoms with Crippen molar-refractivity contribution < 1.29 is 4.74 Å². The zero-order valence-corrected chi connectivity index (χ0v) is 13.5. The minimum Gasteiger partial charge on any atom is -0.370 e. The number of fused-ring (bicyclic) bond motifs is 1. The first-order valence-corrected chi connectivity index (χ1v) is 8.35. The average Bonchev–Trinajstić information content (AvgIpc) is 2.36. The monoisotopic (exact) mass is 264 g/mol. The van der Waals surface area contributed by atoms with Gasteiger partial charge in [0.1, 0.15) is 0 Å². The van der Waals surface area contributed by atoms with E-state index in [1.807, 2.05) is 0 Å². The molecule has 0 N–H and O–H groups in total. The molecule has 0 aromatic carbocycles. The first-order chi connectivity index (χ1) is 9.02. The van der Waals surface area contributed by atoms with Gasteiger partial charge in [-0.3, -0.25) is 0 Å². The van der Waals surface area contributed by atoms with Gasteiger partial charge in [0, 0.05) is 0 Å². The Kier molecular flexibility index (Phi) is 4.76. The molecule has 1 heteroatoms. The van der Waals surface area contributed by atoms with Crippen molar-refractivity contribution in [1.82, 2.24) is 0 Å². The van der Waals surface area contributed by atoms with Gasteiger partial charge in [0.05, 0.1) is 12.2 Å². The first kappa shape index (κ1) is 15.1. The summed E-state index contributed by atoms with van der Waals surface area (Å²) in [6.45, 7) is 11.9. The molecular weight excluding hydrogens is 232 g/mol. The second-order valence-electron chi connectivity index (χ2n) is 7.13. The van der Waals surface area contributed by atoms with Crippen molar-refractivity contribution in [3.05, 3.63) is 11.6 Å². The molecule has 19 heavy (non-hydrogen) atoms. The molecule has 1 heterocycles. The Hall–Kier alpha value is -0.300. The molecule has 2 rings (SSSR count). The highest BCUT2D eigenvalue weighted by Gasteiger charge is 2.50. The molecule has 0 aromatic rings. The smallest absolute Gasteiger partial charge is 0.0795 e. The van der Waals surface area contributed by atoms with E-state index in [1.165, 1.54) is 44.1 Å². The van der Waals surface area contributed by atoms with E-state index < -0.39 is 0 Å². The molecule has 110 valence electrons. The number of ether oxygens (including phenoxy) is 1. The van der Waals surface area contributed by atoms with Crippen molar-refractivity contribution in [1.29, 1.82) is 0 Å². The Morgan fingerprint density at radius 3 is 2.68 bits per heavy atom. The van der Waals surface area contributed by atoms with Crippen LogP contribution in [0.25, 0.3) is 0 Å². The van der Waals surface area contributed by atoms with Crippen LogP contribution in [0.15, 0.2) is 11.6 Å². The third-order valence-corrected chi connectivity index (χ3v) is 5.83. The molecule has 0 saturated carbocycles. The van der Waals surface area contributed by atoms with E-state index in [-0.39, 0.29) is 0 Å². The topological polar surface area (TPSA) is 9.23 Å². The minimum atomic E-state index is 0.387. The summed E-state index contributed by atoms with van der Waals surface area (Å²) in [5.74, 6) is 1.43. The highest BCUT2D eigenvalue weighted by molar-refractivity contribution is 5.14. The van der Waals surface area contributed by atoms with E-state index in [0.717, 1.165) is 5.92 Å². The zero-order chi connectivity index (χ0) is 14.0. The van der Waals surface area contributed by atoms with Gasteiger partial charge < -0.3 is 4.74 Å². The van der Waals surface area contributed by atoms with Gasteiger partial charge in [-0.15, -0.1) is 0 Å². The lowest BCUT2D eigenvalue weighted by molar-refractivity contribution is -0.170. The lowest BCUT2D eigenvalue weighted by atomic mass is 9.58. The molecule has 4 unspecified atom stereocenters. The van der Waals surface area contributed by atoms with E-state index in [1.54, 1.807) is 0 Å². The maximum atomic E-state index is 6.48. The Bertz CT molecular complexity index is 333. The van der Waals surface area contributed by atoms with Crippen LogP contribution < -0.4 is 0 Å². The Labute approximate surface area is 119 Å². The van der Waals surface area contributed by atoms with Crippen molar-refractivity contribution in [2.45, 2.75) is 85.4 Å². The predicted octanol–water partition coefficient (Wildman–Crippen LogP) is 5.35. The van der Waals surface area contributed by atoms with Crippen LogP contribution >= 0.6 is 0 Å². The van der Waals surface area contributed by atoms with E-state index in [9.17, 15) is 0 Å². The van der Waals surface area contributed by atoms with Gasteiger partial charge in [0.15, 0.2) is 0 Å². The van der Waals surface area contributed by atoms with Crippen LogP contribution in [0.5, 0.6) is 0 Å². The number of rotatable bonds is 4. The molecular formula is C18H32O. The summed E-state index contributed by atoms with van der Waals surface area (Å²) >= 11 is 0. The quantitative estimate of drug-likeness (QED) is 0.622. The normalized spacial score (nSPS) is 42.7. The van der Waals surface area contributed by atoms with Gasteiger partial charge in [-0.1, -0.05) is 52.2 Å². The molecule has 0 amide bonds. The van der Waals surface area contributed by atoms with E-state index in [2.05, 4.69) is 40.7 Å². The fourth-order valence-corrected chi connectivity index (χ4v) is 4.50. The van der Waals surface area contributed by atoms with Crippen molar-refractivity contribution in [3.8, 4) is 0 Å². The molecule has 0 bridgehead atoms. The van der Waals surface area contributed by atoms with Crippen molar-refractivity contribution in [3.63, 3.8) is 0 Å². The summed E-state index contributed by atoms with van der Waals surface area (Å²) in [7, 11) is 0. The van der Waals surface area contributed by atoms with Crippen LogP contribution in [-0.2, 0) is 4.74 Å². The fourth-order valence-electron chi connectivity index (χ4n) is 4.50. The van der Waals surface area contributed by atoms with Crippen molar-refractivity contribution >= 4 is 0 Å². The molecule has 1 aliphatic carbocycles. The molecule has 2 aliphatic rings. The van der Waals surface area contributed by atoms with Gasteiger partial charge in [-0.05, 0) is 49.9 Å². The maximum absolute atomic E-state index is 6.48. The molecule has 0 radical (unpaired) electrons. The van der Waals surface area contributed by atoms with E-state index >= 15 is 0 Å². The lowest BCUT2D eigenvalue weighted by Crippen LogP contribution is -2.53. The molecule has 1 nitrogen and oxygen atoms in total. The van der Waals surface area contributed by atoms with E-state index in [4.69, 9.17) is 4.74 Å². The molecule has 1 aliphatic heterocycles. The highest BCUT2D eigenvalue weighted by Crippen LogP contribution is 2.53. The second kappa shape index (κ2) is 5.99. The SMILES string of the molecule is CCC[C@H]1OC2C=C(C)CCC2C(C)(CCC)C1C. The van der Waals surface area contributed by atoms with Crippen LogP contribution in [0.2, 0.25) is 0 Å². The summed E-state index contributed by atoms with van der Waals surface area (Å²) < 4.78 is 6.48. The van der Waals surface area contributed by atoms with Gasteiger partial charge in [0.2, 0.25) is 0 Å². The largest absolute Gasteiger partial charge is 0.370 e. The molecule has 0 spiro atoms. The molecule has 0 aromatic heterocycles. The number of allylic oxidation sites excluding steroid dienone is 1. The average molecular weight is 264 g/mol. The summed E-state index contributed by atoms with van der Waals surface area (Å²) in [6, 6.07) is 0.